The number of pyridine rings is 2. The van der Waals surface area contributed by atoms with Gasteiger partial charge in [-0.05, 0) is 71.9 Å². The highest BCUT2D eigenvalue weighted by atomic mass is 16.6. The van der Waals surface area contributed by atoms with E-state index < -0.39 is 17.7 Å². The van der Waals surface area contributed by atoms with Crippen molar-refractivity contribution in [3.63, 3.8) is 0 Å². The van der Waals surface area contributed by atoms with Crippen molar-refractivity contribution in [3.8, 4) is 17.0 Å². The lowest BCUT2D eigenvalue weighted by Gasteiger charge is -2.41. The molecule has 1 fully saturated rings. The molecule has 3 rings (SSSR count). The zero-order chi connectivity index (χ0) is 25.3. The molecule has 0 unspecified atom stereocenters. The quantitative estimate of drug-likeness (QED) is 0.552. The number of aromatic nitrogens is 2. The van der Waals surface area contributed by atoms with Gasteiger partial charge in [0.05, 0.1) is 29.3 Å². The second-order valence-corrected chi connectivity index (χ2v) is 11.2. The van der Waals surface area contributed by atoms with Crippen molar-refractivity contribution in [1.82, 2.24) is 9.97 Å². The van der Waals surface area contributed by atoms with E-state index in [1.54, 1.807) is 18.3 Å². The van der Waals surface area contributed by atoms with Crippen molar-refractivity contribution in [2.75, 3.05) is 18.0 Å². The lowest BCUT2D eigenvalue weighted by Crippen LogP contribution is -2.39. The van der Waals surface area contributed by atoms with E-state index in [0.29, 0.717) is 11.3 Å². The first kappa shape index (κ1) is 25.9. The number of aryl methyl sites for hydroxylation is 1. The molecule has 1 saturated heterocycles. The van der Waals surface area contributed by atoms with Gasteiger partial charge >= 0.3 is 5.97 Å². The van der Waals surface area contributed by atoms with Crippen LogP contribution in [0.3, 0.4) is 0 Å². The molecule has 7 heteroatoms. The Morgan fingerprint density at radius 2 is 1.76 bits per heavy atom. The molecule has 7 nitrogen and oxygen atoms in total. The molecule has 2 aromatic rings. The number of ether oxygens (including phenoxy) is 2. The minimum Gasteiger partial charge on any atom is -0.506 e. The molecule has 0 spiro atoms. The molecule has 0 bridgehead atoms. The standard InChI is InChI=1S/C27H39N3O4/c1-17(2)33-25(32)24(34-26(4,5)6)22-18(3)28-16-20(21-10-9-19(31)15-29-21)23(22)30-13-11-27(7,8)12-14-30/h9-10,15-17,24,31H,11-14H2,1-8H3/t24-/m0/s1. The predicted molar refractivity (Wildman–Crippen MR) is 134 cm³/mol. The number of hydrogen-bond acceptors (Lipinski definition) is 7. The number of carbonyl (C=O) groups excluding carboxylic acids is 1. The molecule has 1 aliphatic rings. The van der Waals surface area contributed by atoms with Gasteiger partial charge in [0.2, 0.25) is 0 Å². The van der Waals surface area contributed by atoms with E-state index in [1.165, 1.54) is 6.20 Å². The van der Waals surface area contributed by atoms with Gasteiger partial charge in [0.25, 0.3) is 0 Å². The zero-order valence-electron chi connectivity index (χ0n) is 21.8. The summed E-state index contributed by atoms with van der Waals surface area (Å²) >= 11 is 0. The molecule has 3 heterocycles. The maximum atomic E-state index is 13.4. The smallest absolute Gasteiger partial charge is 0.340 e. The molecule has 1 N–H and O–H groups in total. The minimum atomic E-state index is -0.933. The summed E-state index contributed by atoms with van der Waals surface area (Å²) in [6.45, 7) is 17.6. The van der Waals surface area contributed by atoms with Crippen LogP contribution in [0.25, 0.3) is 11.3 Å². The number of rotatable bonds is 6. The first-order valence-corrected chi connectivity index (χ1v) is 12.1. The summed E-state index contributed by atoms with van der Waals surface area (Å²) in [5.41, 5.74) is 3.49. The van der Waals surface area contributed by atoms with Gasteiger partial charge in [0, 0.05) is 36.1 Å². The van der Waals surface area contributed by atoms with Crippen LogP contribution in [0.1, 0.15) is 78.7 Å². The first-order chi connectivity index (χ1) is 15.8. The van der Waals surface area contributed by atoms with Crippen LogP contribution in [-0.2, 0) is 14.3 Å². The monoisotopic (exact) mass is 469 g/mol. The van der Waals surface area contributed by atoms with Crippen LogP contribution >= 0.6 is 0 Å². The second-order valence-electron chi connectivity index (χ2n) is 11.2. The summed E-state index contributed by atoms with van der Waals surface area (Å²) in [7, 11) is 0. The Balaban J connectivity index is 2.23. The van der Waals surface area contributed by atoms with Crippen LogP contribution in [0.4, 0.5) is 5.69 Å². The van der Waals surface area contributed by atoms with Gasteiger partial charge in [0.15, 0.2) is 6.10 Å². The van der Waals surface area contributed by atoms with Gasteiger partial charge in [-0.25, -0.2) is 4.79 Å². The van der Waals surface area contributed by atoms with Gasteiger partial charge in [-0.3, -0.25) is 9.97 Å². The second kappa shape index (κ2) is 9.90. The summed E-state index contributed by atoms with van der Waals surface area (Å²) in [6, 6.07) is 3.38. The Morgan fingerprint density at radius 3 is 2.29 bits per heavy atom. The highest BCUT2D eigenvalue weighted by Crippen LogP contribution is 2.43. The number of anilines is 1. The maximum Gasteiger partial charge on any atom is 0.340 e. The van der Waals surface area contributed by atoms with Crippen molar-refractivity contribution in [2.24, 2.45) is 5.41 Å². The van der Waals surface area contributed by atoms with Crippen LogP contribution in [0, 0.1) is 12.3 Å². The SMILES string of the molecule is Cc1ncc(-c2ccc(O)cn2)c(N2CCC(C)(C)CC2)c1[C@H](OC(C)(C)C)C(=O)OC(C)C. The van der Waals surface area contributed by atoms with Crippen LogP contribution < -0.4 is 4.90 Å². The molecule has 0 radical (unpaired) electrons. The molecule has 0 amide bonds. The van der Waals surface area contributed by atoms with E-state index in [-0.39, 0.29) is 17.3 Å². The third-order valence-electron chi connectivity index (χ3n) is 6.04. The molecule has 0 aromatic carbocycles. The molecule has 0 aliphatic carbocycles. The Bertz CT molecular complexity index is 1000. The Morgan fingerprint density at radius 1 is 1.12 bits per heavy atom. The van der Waals surface area contributed by atoms with Gasteiger partial charge in [0.1, 0.15) is 5.75 Å². The predicted octanol–water partition coefficient (Wildman–Crippen LogP) is 5.59. The van der Waals surface area contributed by atoms with Gasteiger partial charge in [-0.1, -0.05) is 13.8 Å². The molecule has 34 heavy (non-hydrogen) atoms. The summed E-state index contributed by atoms with van der Waals surface area (Å²) in [6.07, 6.45) is 4.07. The van der Waals surface area contributed by atoms with E-state index in [1.807, 2.05) is 41.5 Å². The van der Waals surface area contributed by atoms with E-state index in [9.17, 15) is 9.90 Å². The normalized spacial score (nSPS) is 17.0. The number of hydrogen-bond donors (Lipinski definition) is 1. The lowest BCUT2D eigenvalue weighted by molar-refractivity contribution is -0.171. The zero-order valence-corrected chi connectivity index (χ0v) is 21.8. The van der Waals surface area contributed by atoms with Gasteiger partial charge in [-0.15, -0.1) is 0 Å². The molecule has 1 atom stereocenters. The van der Waals surface area contributed by atoms with E-state index >= 15 is 0 Å². The lowest BCUT2D eigenvalue weighted by atomic mass is 9.82. The average molecular weight is 470 g/mol. The van der Waals surface area contributed by atoms with Crippen molar-refractivity contribution in [3.05, 3.63) is 35.8 Å². The highest BCUT2D eigenvalue weighted by Gasteiger charge is 2.37. The molecular weight excluding hydrogens is 430 g/mol. The van der Waals surface area contributed by atoms with Crippen LogP contribution in [-0.4, -0.2) is 45.8 Å². The largest absolute Gasteiger partial charge is 0.506 e. The Kier molecular flexibility index (Phi) is 7.56. The van der Waals surface area contributed by atoms with E-state index in [0.717, 1.165) is 42.9 Å². The van der Waals surface area contributed by atoms with Crippen molar-refractivity contribution >= 4 is 11.7 Å². The highest BCUT2D eigenvalue weighted by molar-refractivity contribution is 5.86. The topological polar surface area (TPSA) is 84.8 Å². The number of carbonyl (C=O) groups is 1. The van der Waals surface area contributed by atoms with E-state index in [4.69, 9.17) is 9.47 Å². The summed E-state index contributed by atoms with van der Waals surface area (Å²) in [4.78, 5) is 24.8. The molecule has 2 aromatic heterocycles. The van der Waals surface area contributed by atoms with Gasteiger partial charge < -0.3 is 19.5 Å². The molecular formula is C27H39N3O4. The number of piperidine rings is 1. The first-order valence-electron chi connectivity index (χ1n) is 12.1. The molecule has 1 aliphatic heterocycles. The third kappa shape index (κ3) is 6.26. The fourth-order valence-corrected chi connectivity index (χ4v) is 4.20. The summed E-state index contributed by atoms with van der Waals surface area (Å²) < 4.78 is 12.0. The number of nitrogens with zero attached hydrogens (tertiary/aromatic N) is 3. The summed E-state index contributed by atoms with van der Waals surface area (Å²) in [5, 5.41) is 9.78. The van der Waals surface area contributed by atoms with Crippen LogP contribution in [0.5, 0.6) is 5.75 Å². The van der Waals surface area contributed by atoms with Crippen molar-refractivity contribution < 1.29 is 19.4 Å². The Labute approximate surface area is 203 Å². The molecule has 0 saturated carbocycles. The fourth-order valence-electron chi connectivity index (χ4n) is 4.20. The third-order valence-corrected chi connectivity index (χ3v) is 6.04. The van der Waals surface area contributed by atoms with Crippen LogP contribution in [0.2, 0.25) is 0 Å². The molecule has 186 valence electrons. The fraction of sp³-hybridized carbons (Fsp3) is 0.593. The van der Waals surface area contributed by atoms with Gasteiger partial charge in [-0.2, -0.15) is 0 Å². The van der Waals surface area contributed by atoms with Crippen molar-refractivity contribution in [1.29, 1.82) is 0 Å². The van der Waals surface area contributed by atoms with Crippen LogP contribution in [0.15, 0.2) is 24.5 Å². The average Bonchev–Trinajstić information content (AvgIpc) is 2.72. The number of esters is 1. The summed E-state index contributed by atoms with van der Waals surface area (Å²) in [5.74, 6) is -0.330. The minimum absolute atomic E-state index is 0.0970. The Hall–Kier alpha value is -2.67. The van der Waals surface area contributed by atoms with Crippen molar-refractivity contribution in [2.45, 2.75) is 86.0 Å². The number of aromatic hydroxyl groups is 1. The van der Waals surface area contributed by atoms with E-state index in [2.05, 4.69) is 28.7 Å². The maximum absolute atomic E-state index is 13.4.